The second kappa shape index (κ2) is 9.96. The molecular weight excluding hydrogens is 398 g/mol. The van der Waals surface area contributed by atoms with E-state index in [4.69, 9.17) is 19.5 Å². The van der Waals surface area contributed by atoms with Gasteiger partial charge in [0, 0.05) is 18.3 Å². The second-order valence-corrected chi connectivity index (χ2v) is 7.16. The molecule has 0 radical (unpaired) electrons. The third-order valence-corrected chi connectivity index (χ3v) is 5.35. The van der Waals surface area contributed by atoms with Crippen molar-refractivity contribution in [3.63, 3.8) is 0 Å². The second-order valence-electron chi connectivity index (χ2n) is 7.16. The number of nitriles is 1. The van der Waals surface area contributed by atoms with E-state index >= 15 is 0 Å². The highest BCUT2D eigenvalue weighted by atomic mass is 16.5. The van der Waals surface area contributed by atoms with E-state index < -0.39 is 0 Å². The molecule has 1 aliphatic rings. The molecule has 8 heteroatoms. The van der Waals surface area contributed by atoms with E-state index in [-0.39, 0.29) is 30.9 Å². The zero-order valence-corrected chi connectivity index (χ0v) is 17.8. The lowest BCUT2D eigenvalue weighted by Gasteiger charge is -2.36. The van der Waals surface area contributed by atoms with Gasteiger partial charge in [-0.15, -0.1) is 0 Å². The predicted octanol–water partition coefficient (Wildman–Crippen LogP) is 2.68. The topological polar surface area (TPSA) is 101 Å². The van der Waals surface area contributed by atoms with E-state index in [0.29, 0.717) is 35.7 Å². The van der Waals surface area contributed by atoms with Crippen molar-refractivity contribution in [3.05, 3.63) is 53.1 Å². The van der Waals surface area contributed by atoms with Crippen LogP contribution in [-0.4, -0.2) is 51.2 Å². The Kier molecular flexibility index (Phi) is 7.11. The molecule has 162 valence electrons. The summed E-state index contributed by atoms with van der Waals surface area (Å²) in [5.74, 6) is 0.638. The maximum atomic E-state index is 12.7. The Bertz CT molecular complexity index is 998. The fourth-order valence-electron chi connectivity index (χ4n) is 3.76. The fraction of sp³-hybridized carbons (Fsp3) is 0.348. The predicted molar refractivity (Wildman–Crippen MR) is 114 cm³/mol. The van der Waals surface area contributed by atoms with E-state index in [9.17, 15) is 9.59 Å². The first kappa shape index (κ1) is 22.1. The number of ether oxygens (including phenoxy) is 3. The lowest BCUT2D eigenvalue weighted by atomic mass is 9.90. The molecule has 0 bridgehead atoms. The minimum atomic E-state index is -0.356. The molecule has 1 aliphatic heterocycles. The van der Waals surface area contributed by atoms with E-state index in [1.807, 2.05) is 23.1 Å². The van der Waals surface area contributed by atoms with Crippen LogP contribution in [0.3, 0.4) is 0 Å². The Morgan fingerprint density at radius 3 is 2.42 bits per heavy atom. The minimum Gasteiger partial charge on any atom is -0.493 e. The third kappa shape index (κ3) is 5.13. The molecule has 3 rings (SSSR count). The molecule has 0 spiro atoms. The molecule has 1 atom stereocenters. The smallest absolute Gasteiger partial charge is 0.307 e. The average molecular weight is 423 g/mol. The molecule has 2 aromatic carbocycles. The van der Waals surface area contributed by atoms with Crippen LogP contribution in [0.15, 0.2) is 36.4 Å². The van der Waals surface area contributed by atoms with Crippen LogP contribution in [0, 0.1) is 11.3 Å². The van der Waals surface area contributed by atoms with Gasteiger partial charge in [-0.05, 0) is 53.9 Å². The van der Waals surface area contributed by atoms with Gasteiger partial charge in [-0.2, -0.15) is 5.26 Å². The van der Waals surface area contributed by atoms with E-state index in [1.54, 1.807) is 38.5 Å². The molecule has 1 heterocycles. The van der Waals surface area contributed by atoms with Gasteiger partial charge in [-0.1, -0.05) is 0 Å². The van der Waals surface area contributed by atoms with Crippen LogP contribution in [-0.2, 0) is 20.7 Å². The van der Waals surface area contributed by atoms with E-state index in [1.165, 1.54) is 7.11 Å². The molecule has 0 saturated carbocycles. The number of hydrogen-bond acceptors (Lipinski definition) is 7. The first-order chi connectivity index (χ1) is 15.0. The Hall–Kier alpha value is -3.57. The number of benzene rings is 2. The molecule has 8 nitrogen and oxygen atoms in total. The van der Waals surface area contributed by atoms with Crippen molar-refractivity contribution in [1.82, 2.24) is 4.90 Å². The first-order valence-corrected chi connectivity index (χ1v) is 9.84. The van der Waals surface area contributed by atoms with Crippen LogP contribution in [0.1, 0.15) is 29.2 Å². The van der Waals surface area contributed by atoms with Gasteiger partial charge in [0.1, 0.15) is 0 Å². The number of nitrogens with one attached hydrogen (secondary N) is 1. The van der Waals surface area contributed by atoms with Gasteiger partial charge in [0.2, 0.25) is 5.91 Å². The molecule has 0 unspecified atom stereocenters. The average Bonchev–Trinajstić information content (AvgIpc) is 2.79. The zero-order chi connectivity index (χ0) is 22.4. The van der Waals surface area contributed by atoms with Crippen LogP contribution in [0.25, 0.3) is 0 Å². The number of hydrogen-bond donors (Lipinski definition) is 1. The summed E-state index contributed by atoms with van der Waals surface area (Å²) in [7, 11) is 4.49. The number of carbonyl (C=O) groups is 2. The summed E-state index contributed by atoms with van der Waals surface area (Å²) in [6.07, 6.45) is 0.820. The standard InChI is InChI=1S/C23H25N3O5/c1-29-20-10-16-8-9-26(14-22(27)25-17-6-4-15(13-24)5-7-17)19(12-23(28)31-3)18(16)11-21(20)30-2/h4-7,10-11,19H,8-9,12,14H2,1-3H3,(H,25,27)/t19-/m0/s1. The number of fused-ring (bicyclic) bond motifs is 1. The molecule has 2 aromatic rings. The van der Waals surface area contributed by atoms with Crippen molar-refractivity contribution in [2.45, 2.75) is 18.9 Å². The minimum absolute atomic E-state index is 0.107. The SMILES string of the molecule is COC(=O)C[C@H]1c2cc(OC)c(OC)cc2CCN1CC(=O)Nc1ccc(C#N)cc1. The summed E-state index contributed by atoms with van der Waals surface area (Å²) in [6.45, 7) is 0.709. The summed E-state index contributed by atoms with van der Waals surface area (Å²) >= 11 is 0. The number of anilines is 1. The fourth-order valence-corrected chi connectivity index (χ4v) is 3.76. The van der Waals surface area contributed by atoms with Gasteiger partial charge in [0.15, 0.2) is 11.5 Å². The zero-order valence-electron chi connectivity index (χ0n) is 17.8. The molecule has 0 aromatic heterocycles. The lowest BCUT2D eigenvalue weighted by Crippen LogP contribution is -2.41. The van der Waals surface area contributed by atoms with Crippen LogP contribution < -0.4 is 14.8 Å². The molecular formula is C23H25N3O5. The van der Waals surface area contributed by atoms with E-state index in [0.717, 1.165) is 11.1 Å². The summed E-state index contributed by atoms with van der Waals surface area (Å²) in [4.78, 5) is 26.8. The molecule has 0 saturated heterocycles. The summed E-state index contributed by atoms with van der Waals surface area (Å²) in [5, 5.41) is 11.7. The summed E-state index contributed by atoms with van der Waals surface area (Å²) in [5.41, 5.74) is 3.10. The maximum absolute atomic E-state index is 12.7. The first-order valence-electron chi connectivity index (χ1n) is 9.84. The molecule has 31 heavy (non-hydrogen) atoms. The van der Waals surface area contributed by atoms with Crippen LogP contribution in [0.4, 0.5) is 5.69 Å². The Morgan fingerprint density at radius 1 is 1.13 bits per heavy atom. The van der Waals surface area contributed by atoms with Crippen molar-refractivity contribution in [2.24, 2.45) is 0 Å². The quantitative estimate of drug-likeness (QED) is 0.683. The number of carbonyl (C=O) groups excluding carboxylic acids is 2. The van der Waals surface area contributed by atoms with Gasteiger partial charge in [0.25, 0.3) is 0 Å². The summed E-state index contributed by atoms with van der Waals surface area (Å²) in [6, 6.07) is 12.2. The molecule has 1 N–H and O–H groups in total. The molecule has 0 aliphatic carbocycles. The number of esters is 1. The van der Waals surface area contributed by atoms with Crippen LogP contribution in [0.2, 0.25) is 0 Å². The van der Waals surface area contributed by atoms with Crippen LogP contribution >= 0.6 is 0 Å². The number of nitrogens with zero attached hydrogens (tertiary/aromatic N) is 2. The summed E-state index contributed by atoms with van der Waals surface area (Å²) < 4.78 is 15.7. The Morgan fingerprint density at radius 2 is 1.81 bits per heavy atom. The van der Waals surface area contributed by atoms with Gasteiger partial charge in [-0.3, -0.25) is 14.5 Å². The van der Waals surface area contributed by atoms with Gasteiger partial charge >= 0.3 is 5.97 Å². The maximum Gasteiger partial charge on any atom is 0.307 e. The van der Waals surface area contributed by atoms with Crippen molar-refractivity contribution in [2.75, 3.05) is 39.7 Å². The van der Waals surface area contributed by atoms with Gasteiger partial charge in [-0.25, -0.2) is 0 Å². The van der Waals surface area contributed by atoms with E-state index in [2.05, 4.69) is 5.32 Å². The normalized spacial score (nSPS) is 15.4. The number of rotatable bonds is 7. The third-order valence-electron chi connectivity index (χ3n) is 5.35. The number of methoxy groups -OCH3 is 3. The Labute approximate surface area is 181 Å². The van der Waals surface area contributed by atoms with Crippen molar-refractivity contribution < 1.29 is 23.8 Å². The van der Waals surface area contributed by atoms with Crippen molar-refractivity contribution >= 4 is 17.6 Å². The highest BCUT2D eigenvalue weighted by Gasteiger charge is 2.32. The highest BCUT2D eigenvalue weighted by molar-refractivity contribution is 5.92. The lowest BCUT2D eigenvalue weighted by molar-refractivity contribution is -0.142. The van der Waals surface area contributed by atoms with Crippen LogP contribution in [0.5, 0.6) is 11.5 Å². The number of amides is 1. The molecule has 0 fully saturated rings. The molecule has 1 amide bonds. The largest absolute Gasteiger partial charge is 0.493 e. The van der Waals surface area contributed by atoms with Gasteiger partial charge < -0.3 is 19.5 Å². The van der Waals surface area contributed by atoms with Crippen molar-refractivity contribution in [1.29, 1.82) is 5.26 Å². The Balaban J connectivity index is 1.82. The highest BCUT2D eigenvalue weighted by Crippen LogP contribution is 2.39. The monoisotopic (exact) mass is 423 g/mol. The van der Waals surface area contributed by atoms with Crippen molar-refractivity contribution in [3.8, 4) is 17.6 Å². The van der Waals surface area contributed by atoms with Gasteiger partial charge in [0.05, 0.1) is 45.9 Å².